The second kappa shape index (κ2) is 10.4. The Balaban J connectivity index is 0.00000242. The third-order valence-electron chi connectivity index (χ3n) is 3.34. The number of benzene rings is 1. The SMILES string of the molecule is CCNC(=NCc1cccc(C#N)c1)NCC1CCCO1.I. The van der Waals surface area contributed by atoms with Crippen molar-refractivity contribution in [2.75, 3.05) is 19.7 Å². The van der Waals surface area contributed by atoms with Gasteiger partial charge in [-0.1, -0.05) is 12.1 Å². The van der Waals surface area contributed by atoms with Crippen LogP contribution in [0.5, 0.6) is 0 Å². The maximum absolute atomic E-state index is 8.90. The molecule has 0 spiro atoms. The standard InChI is InChI=1S/C16H22N4O.HI/c1-2-18-16(20-12-15-7-4-8-21-15)19-11-14-6-3-5-13(9-14)10-17;/h3,5-6,9,15H,2,4,7-8,11-12H2,1H3,(H2,18,19,20);1H. The molecule has 0 saturated carbocycles. The molecule has 5 nitrogen and oxygen atoms in total. The van der Waals surface area contributed by atoms with Gasteiger partial charge in [-0.25, -0.2) is 4.99 Å². The van der Waals surface area contributed by atoms with Gasteiger partial charge in [0.25, 0.3) is 0 Å². The highest BCUT2D eigenvalue weighted by atomic mass is 127. The van der Waals surface area contributed by atoms with Crippen LogP contribution in [0.3, 0.4) is 0 Å². The average Bonchev–Trinajstić information content (AvgIpc) is 3.03. The Morgan fingerprint density at radius 1 is 1.45 bits per heavy atom. The molecule has 1 heterocycles. The van der Waals surface area contributed by atoms with E-state index in [1.54, 1.807) is 6.07 Å². The maximum Gasteiger partial charge on any atom is 0.191 e. The summed E-state index contributed by atoms with van der Waals surface area (Å²) in [6.07, 6.45) is 2.54. The molecule has 0 aromatic heterocycles. The van der Waals surface area contributed by atoms with Crippen LogP contribution in [0.1, 0.15) is 30.9 Å². The van der Waals surface area contributed by atoms with Gasteiger partial charge in [0, 0.05) is 19.7 Å². The predicted octanol–water partition coefficient (Wildman–Crippen LogP) is 2.41. The van der Waals surface area contributed by atoms with E-state index >= 15 is 0 Å². The van der Waals surface area contributed by atoms with Crippen molar-refractivity contribution in [1.29, 1.82) is 5.26 Å². The van der Waals surface area contributed by atoms with Crippen molar-refractivity contribution in [2.24, 2.45) is 4.99 Å². The van der Waals surface area contributed by atoms with Gasteiger partial charge in [-0.05, 0) is 37.5 Å². The number of aliphatic imine (C=N–C) groups is 1. The number of rotatable bonds is 5. The van der Waals surface area contributed by atoms with Gasteiger partial charge < -0.3 is 15.4 Å². The van der Waals surface area contributed by atoms with E-state index < -0.39 is 0 Å². The Labute approximate surface area is 149 Å². The fourth-order valence-corrected chi connectivity index (χ4v) is 2.27. The van der Waals surface area contributed by atoms with E-state index in [9.17, 15) is 0 Å². The van der Waals surface area contributed by atoms with E-state index in [0.29, 0.717) is 12.1 Å². The first-order chi connectivity index (χ1) is 10.3. The highest BCUT2D eigenvalue weighted by Gasteiger charge is 2.15. The minimum atomic E-state index is 0. The van der Waals surface area contributed by atoms with Crippen molar-refractivity contribution in [1.82, 2.24) is 10.6 Å². The summed E-state index contributed by atoms with van der Waals surface area (Å²) in [6.45, 7) is 5.05. The molecule has 0 aliphatic carbocycles. The van der Waals surface area contributed by atoms with Crippen LogP contribution >= 0.6 is 24.0 Å². The summed E-state index contributed by atoms with van der Waals surface area (Å²) >= 11 is 0. The minimum absolute atomic E-state index is 0. The van der Waals surface area contributed by atoms with Crippen LogP contribution in [0, 0.1) is 11.3 Å². The fourth-order valence-electron chi connectivity index (χ4n) is 2.27. The molecule has 1 aliphatic heterocycles. The van der Waals surface area contributed by atoms with Crippen LogP contribution in [-0.4, -0.2) is 31.8 Å². The van der Waals surface area contributed by atoms with E-state index in [1.807, 2.05) is 25.1 Å². The topological polar surface area (TPSA) is 69.4 Å². The number of hydrogen-bond donors (Lipinski definition) is 2. The summed E-state index contributed by atoms with van der Waals surface area (Å²) in [5, 5.41) is 15.4. The molecule has 1 fully saturated rings. The third-order valence-corrected chi connectivity index (χ3v) is 3.34. The van der Waals surface area contributed by atoms with E-state index in [0.717, 1.165) is 44.1 Å². The Bertz CT molecular complexity index is 521. The maximum atomic E-state index is 8.90. The monoisotopic (exact) mass is 414 g/mol. The number of hydrogen-bond acceptors (Lipinski definition) is 3. The molecule has 1 aromatic rings. The lowest BCUT2D eigenvalue weighted by Gasteiger charge is -2.14. The summed E-state index contributed by atoms with van der Waals surface area (Å²) in [6, 6.07) is 9.68. The van der Waals surface area contributed by atoms with Gasteiger partial charge in [-0.2, -0.15) is 5.26 Å². The number of nitriles is 1. The van der Waals surface area contributed by atoms with Crippen molar-refractivity contribution in [3.63, 3.8) is 0 Å². The zero-order valence-corrected chi connectivity index (χ0v) is 15.2. The predicted molar refractivity (Wildman–Crippen MR) is 98.4 cm³/mol. The first-order valence-electron chi connectivity index (χ1n) is 7.44. The van der Waals surface area contributed by atoms with Gasteiger partial charge in [-0.3, -0.25) is 0 Å². The minimum Gasteiger partial charge on any atom is -0.376 e. The largest absolute Gasteiger partial charge is 0.376 e. The molecule has 22 heavy (non-hydrogen) atoms. The molecule has 0 radical (unpaired) electrons. The first kappa shape index (κ1) is 18.7. The number of nitrogens with zero attached hydrogens (tertiary/aromatic N) is 2. The third kappa shape index (κ3) is 6.20. The van der Waals surface area contributed by atoms with Gasteiger partial charge in [-0.15, -0.1) is 24.0 Å². The van der Waals surface area contributed by atoms with Gasteiger partial charge in [0.05, 0.1) is 24.3 Å². The quantitative estimate of drug-likeness (QED) is 0.441. The molecule has 1 unspecified atom stereocenters. The summed E-state index contributed by atoms with van der Waals surface area (Å²) in [4.78, 5) is 4.55. The molecule has 0 bridgehead atoms. The average molecular weight is 414 g/mol. The Kier molecular flexibility index (Phi) is 8.85. The Morgan fingerprint density at radius 3 is 3.00 bits per heavy atom. The molecule has 1 aromatic carbocycles. The summed E-state index contributed by atoms with van der Waals surface area (Å²) in [7, 11) is 0. The first-order valence-corrected chi connectivity index (χ1v) is 7.44. The fraction of sp³-hybridized carbons (Fsp3) is 0.500. The van der Waals surface area contributed by atoms with Crippen LogP contribution in [0.2, 0.25) is 0 Å². The Morgan fingerprint density at radius 2 is 2.32 bits per heavy atom. The summed E-state index contributed by atoms with van der Waals surface area (Å²) in [5.41, 5.74) is 1.70. The lowest BCUT2D eigenvalue weighted by atomic mass is 10.1. The molecular weight excluding hydrogens is 391 g/mol. The number of nitrogens with one attached hydrogen (secondary N) is 2. The van der Waals surface area contributed by atoms with Gasteiger partial charge in [0.15, 0.2) is 5.96 Å². The lowest BCUT2D eigenvalue weighted by Crippen LogP contribution is -2.41. The van der Waals surface area contributed by atoms with E-state index in [-0.39, 0.29) is 30.1 Å². The smallest absolute Gasteiger partial charge is 0.191 e. The van der Waals surface area contributed by atoms with Crippen LogP contribution in [-0.2, 0) is 11.3 Å². The zero-order chi connectivity index (χ0) is 14.9. The van der Waals surface area contributed by atoms with Crippen molar-refractivity contribution in [3.05, 3.63) is 35.4 Å². The van der Waals surface area contributed by atoms with Crippen molar-refractivity contribution in [3.8, 4) is 6.07 Å². The summed E-state index contributed by atoms with van der Waals surface area (Å²) in [5.74, 6) is 0.787. The molecule has 2 rings (SSSR count). The van der Waals surface area contributed by atoms with Crippen LogP contribution in [0.4, 0.5) is 0 Å². The van der Waals surface area contributed by atoms with Crippen molar-refractivity contribution in [2.45, 2.75) is 32.4 Å². The number of ether oxygens (including phenoxy) is 1. The van der Waals surface area contributed by atoms with Gasteiger partial charge >= 0.3 is 0 Å². The molecule has 1 saturated heterocycles. The van der Waals surface area contributed by atoms with Gasteiger partial charge in [0.2, 0.25) is 0 Å². The van der Waals surface area contributed by atoms with Crippen LogP contribution < -0.4 is 10.6 Å². The highest BCUT2D eigenvalue weighted by molar-refractivity contribution is 14.0. The van der Waals surface area contributed by atoms with Crippen LogP contribution in [0.15, 0.2) is 29.3 Å². The highest BCUT2D eigenvalue weighted by Crippen LogP contribution is 2.10. The molecule has 2 N–H and O–H groups in total. The molecule has 120 valence electrons. The van der Waals surface area contributed by atoms with E-state index in [1.165, 1.54) is 0 Å². The molecular formula is C16H23IN4O. The lowest BCUT2D eigenvalue weighted by molar-refractivity contribution is 0.114. The molecule has 1 aliphatic rings. The van der Waals surface area contributed by atoms with Gasteiger partial charge in [0.1, 0.15) is 0 Å². The van der Waals surface area contributed by atoms with Crippen molar-refractivity contribution < 1.29 is 4.74 Å². The number of guanidine groups is 1. The van der Waals surface area contributed by atoms with E-state index in [4.69, 9.17) is 10.00 Å². The number of halogens is 1. The molecule has 1 atom stereocenters. The van der Waals surface area contributed by atoms with Crippen LogP contribution in [0.25, 0.3) is 0 Å². The second-order valence-electron chi connectivity index (χ2n) is 5.02. The molecule has 6 heteroatoms. The zero-order valence-electron chi connectivity index (χ0n) is 12.8. The van der Waals surface area contributed by atoms with Crippen molar-refractivity contribution >= 4 is 29.9 Å². The second-order valence-corrected chi connectivity index (χ2v) is 5.02. The van der Waals surface area contributed by atoms with E-state index in [2.05, 4.69) is 21.7 Å². The Hall–Kier alpha value is -1.33. The summed E-state index contributed by atoms with van der Waals surface area (Å²) < 4.78 is 5.59. The molecule has 0 amide bonds. The normalized spacial score (nSPS) is 17.5.